The Labute approximate surface area is 142 Å². The Bertz CT molecular complexity index is 795. The molecule has 2 aromatic rings. The van der Waals surface area contributed by atoms with Crippen LogP contribution in [0.4, 0.5) is 5.69 Å². The van der Waals surface area contributed by atoms with Gasteiger partial charge in [-0.1, -0.05) is 6.07 Å². The van der Waals surface area contributed by atoms with E-state index in [1.807, 2.05) is 19.1 Å². The van der Waals surface area contributed by atoms with Crippen molar-refractivity contribution >= 4 is 40.9 Å². The number of rotatable bonds is 6. The van der Waals surface area contributed by atoms with Crippen LogP contribution in [-0.4, -0.2) is 29.4 Å². The highest BCUT2D eigenvalue weighted by atomic mass is 32.1. The summed E-state index contributed by atoms with van der Waals surface area (Å²) in [5, 5.41) is 13.5. The van der Waals surface area contributed by atoms with Crippen molar-refractivity contribution in [3.8, 4) is 0 Å². The minimum absolute atomic E-state index is 0.270. The van der Waals surface area contributed by atoms with Gasteiger partial charge < -0.3 is 15.7 Å². The summed E-state index contributed by atoms with van der Waals surface area (Å²) in [5.74, 6) is -1.95. The maximum Gasteiger partial charge on any atom is 0.322 e. The van der Waals surface area contributed by atoms with Crippen molar-refractivity contribution in [2.75, 3.05) is 11.9 Å². The molecule has 0 aliphatic heterocycles. The average molecular weight is 344 g/mol. The number of carbonyl (C=O) groups is 3. The van der Waals surface area contributed by atoms with E-state index < -0.39 is 18.4 Å². The fourth-order valence-electron chi connectivity index (χ4n) is 1.88. The number of amides is 2. The summed E-state index contributed by atoms with van der Waals surface area (Å²) < 4.78 is 0. The molecule has 0 aliphatic carbocycles. The number of aryl methyl sites for hydroxylation is 1. The second-order valence-corrected chi connectivity index (χ2v) is 6.25. The summed E-state index contributed by atoms with van der Waals surface area (Å²) in [6.45, 7) is 1.53. The van der Waals surface area contributed by atoms with Crippen LogP contribution in [0.3, 0.4) is 0 Å². The van der Waals surface area contributed by atoms with Gasteiger partial charge in [0, 0.05) is 27.1 Å². The molecule has 0 radical (unpaired) electrons. The first-order chi connectivity index (χ1) is 11.4. The number of anilines is 1. The molecule has 1 aromatic heterocycles. The minimum Gasteiger partial charge on any atom is -0.480 e. The first kappa shape index (κ1) is 17.4. The maximum atomic E-state index is 11.9. The van der Waals surface area contributed by atoms with Gasteiger partial charge in [0.25, 0.3) is 5.91 Å². The molecule has 0 fully saturated rings. The molecule has 0 atom stereocenters. The molecule has 2 amide bonds. The van der Waals surface area contributed by atoms with E-state index in [4.69, 9.17) is 5.11 Å². The van der Waals surface area contributed by atoms with Crippen molar-refractivity contribution in [3.05, 3.63) is 57.8 Å². The molecule has 2 rings (SSSR count). The zero-order chi connectivity index (χ0) is 17.5. The molecule has 0 aliphatic rings. The van der Waals surface area contributed by atoms with Crippen LogP contribution in [0.25, 0.3) is 6.08 Å². The topological polar surface area (TPSA) is 95.5 Å². The lowest BCUT2D eigenvalue weighted by Gasteiger charge is -2.06. The van der Waals surface area contributed by atoms with Crippen molar-refractivity contribution in [1.82, 2.24) is 5.32 Å². The second kappa shape index (κ2) is 8.07. The van der Waals surface area contributed by atoms with E-state index in [0.717, 1.165) is 9.75 Å². The third-order valence-corrected chi connectivity index (χ3v) is 3.92. The number of hydrogen-bond donors (Lipinski definition) is 3. The lowest BCUT2D eigenvalue weighted by atomic mass is 10.2. The number of carbonyl (C=O) groups excluding carboxylic acids is 2. The molecule has 3 N–H and O–H groups in total. The van der Waals surface area contributed by atoms with Crippen molar-refractivity contribution < 1.29 is 19.5 Å². The van der Waals surface area contributed by atoms with Gasteiger partial charge in [0.2, 0.25) is 5.91 Å². The Morgan fingerprint density at radius 2 is 2.00 bits per heavy atom. The number of thiophene rings is 1. The van der Waals surface area contributed by atoms with Gasteiger partial charge in [-0.05, 0) is 43.3 Å². The van der Waals surface area contributed by atoms with E-state index in [-0.39, 0.29) is 11.5 Å². The number of aliphatic carboxylic acids is 1. The fourth-order valence-corrected chi connectivity index (χ4v) is 2.66. The second-order valence-electron chi connectivity index (χ2n) is 4.93. The first-order valence-electron chi connectivity index (χ1n) is 7.09. The van der Waals surface area contributed by atoms with E-state index in [1.165, 1.54) is 18.2 Å². The number of benzene rings is 1. The predicted octanol–water partition coefficient (Wildman–Crippen LogP) is 2.52. The van der Waals surface area contributed by atoms with Gasteiger partial charge >= 0.3 is 5.97 Å². The average Bonchev–Trinajstić information content (AvgIpc) is 2.96. The Kier molecular flexibility index (Phi) is 5.86. The molecule has 1 aromatic carbocycles. The normalized spacial score (nSPS) is 10.5. The van der Waals surface area contributed by atoms with Crippen molar-refractivity contribution in [1.29, 1.82) is 0 Å². The van der Waals surface area contributed by atoms with Crippen LogP contribution in [0.5, 0.6) is 0 Å². The SMILES string of the molecule is Cc1ccc(/C=C/C(=O)Nc2cccc(C(=O)NCC(=O)O)c2)s1. The van der Waals surface area contributed by atoms with Crippen LogP contribution in [0.2, 0.25) is 0 Å². The quantitative estimate of drug-likeness (QED) is 0.702. The summed E-state index contributed by atoms with van der Waals surface area (Å²) in [6.07, 6.45) is 3.14. The standard InChI is InChI=1S/C17H16N2O4S/c1-11-5-6-14(24-11)7-8-15(20)19-13-4-2-3-12(9-13)17(23)18-10-16(21)22/h2-9H,10H2,1H3,(H,18,23)(H,19,20)(H,21,22)/b8-7+. The zero-order valence-electron chi connectivity index (χ0n) is 12.9. The van der Waals surface area contributed by atoms with Crippen LogP contribution >= 0.6 is 11.3 Å². The largest absolute Gasteiger partial charge is 0.480 e. The van der Waals surface area contributed by atoms with Crippen molar-refractivity contribution in [2.24, 2.45) is 0 Å². The fraction of sp³-hybridized carbons (Fsp3) is 0.118. The highest BCUT2D eigenvalue weighted by molar-refractivity contribution is 7.12. The van der Waals surface area contributed by atoms with Crippen LogP contribution in [0, 0.1) is 6.92 Å². The minimum atomic E-state index is -1.12. The molecule has 0 saturated carbocycles. The lowest BCUT2D eigenvalue weighted by Crippen LogP contribution is -2.29. The third kappa shape index (κ3) is 5.36. The molecular weight excluding hydrogens is 328 g/mol. The van der Waals surface area contributed by atoms with E-state index in [0.29, 0.717) is 5.69 Å². The van der Waals surface area contributed by atoms with Crippen LogP contribution in [0.1, 0.15) is 20.1 Å². The maximum absolute atomic E-state index is 11.9. The van der Waals surface area contributed by atoms with E-state index in [2.05, 4.69) is 10.6 Å². The summed E-state index contributed by atoms with van der Waals surface area (Å²) in [7, 11) is 0. The van der Waals surface area contributed by atoms with Crippen molar-refractivity contribution in [3.63, 3.8) is 0 Å². The lowest BCUT2D eigenvalue weighted by molar-refractivity contribution is -0.135. The molecule has 7 heteroatoms. The highest BCUT2D eigenvalue weighted by Gasteiger charge is 2.08. The van der Waals surface area contributed by atoms with Gasteiger partial charge in [0.15, 0.2) is 0 Å². The third-order valence-electron chi connectivity index (χ3n) is 2.95. The number of nitrogens with one attached hydrogen (secondary N) is 2. The molecular formula is C17H16N2O4S. The molecule has 6 nitrogen and oxygen atoms in total. The van der Waals surface area contributed by atoms with Crippen molar-refractivity contribution in [2.45, 2.75) is 6.92 Å². The molecule has 1 heterocycles. The molecule has 0 unspecified atom stereocenters. The number of carboxylic acids is 1. The number of hydrogen-bond acceptors (Lipinski definition) is 4. The van der Waals surface area contributed by atoms with Crippen LogP contribution < -0.4 is 10.6 Å². The Morgan fingerprint density at radius 3 is 2.67 bits per heavy atom. The van der Waals surface area contributed by atoms with E-state index in [1.54, 1.807) is 29.5 Å². The molecule has 0 saturated heterocycles. The highest BCUT2D eigenvalue weighted by Crippen LogP contribution is 2.16. The summed E-state index contributed by atoms with van der Waals surface area (Å²) >= 11 is 1.58. The Balaban J connectivity index is 1.98. The van der Waals surface area contributed by atoms with E-state index >= 15 is 0 Å². The Hall–Kier alpha value is -2.93. The van der Waals surface area contributed by atoms with Gasteiger partial charge in [-0.2, -0.15) is 0 Å². The smallest absolute Gasteiger partial charge is 0.322 e. The first-order valence-corrected chi connectivity index (χ1v) is 7.91. The number of carboxylic acid groups (broad SMARTS) is 1. The molecule has 0 bridgehead atoms. The van der Waals surface area contributed by atoms with Gasteiger partial charge in [0.1, 0.15) is 6.54 Å². The Morgan fingerprint density at radius 1 is 1.21 bits per heavy atom. The summed E-state index contributed by atoms with van der Waals surface area (Å²) in [6, 6.07) is 10.2. The zero-order valence-corrected chi connectivity index (χ0v) is 13.7. The monoisotopic (exact) mass is 344 g/mol. The van der Waals surface area contributed by atoms with Gasteiger partial charge in [0.05, 0.1) is 0 Å². The van der Waals surface area contributed by atoms with Gasteiger partial charge in [-0.15, -0.1) is 11.3 Å². The predicted molar refractivity (Wildman–Crippen MR) is 93.1 cm³/mol. The molecule has 124 valence electrons. The van der Waals surface area contributed by atoms with Gasteiger partial charge in [-0.3, -0.25) is 14.4 Å². The molecule has 0 spiro atoms. The molecule has 24 heavy (non-hydrogen) atoms. The summed E-state index contributed by atoms with van der Waals surface area (Å²) in [5.41, 5.74) is 0.724. The van der Waals surface area contributed by atoms with E-state index in [9.17, 15) is 14.4 Å². The van der Waals surface area contributed by atoms with Crippen LogP contribution in [0.15, 0.2) is 42.5 Å². The summed E-state index contributed by atoms with van der Waals surface area (Å²) in [4.78, 5) is 36.3. The van der Waals surface area contributed by atoms with Crippen LogP contribution in [-0.2, 0) is 9.59 Å². The van der Waals surface area contributed by atoms with Gasteiger partial charge in [-0.25, -0.2) is 0 Å².